The quantitative estimate of drug-likeness (QED) is 0.774. The maximum absolute atomic E-state index is 12.7. The molecule has 0 aromatic heterocycles. The summed E-state index contributed by atoms with van der Waals surface area (Å²) in [5.41, 5.74) is 2.45. The summed E-state index contributed by atoms with van der Waals surface area (Å²) in [4.78, 5) is 25.3. The highest BCUT2D eigenvalue weighted by Gasteiger charge is 2.34. The van der Waals surface area contributed by atoms with Crippen LogP contribution in [0.3, 0.4) is 0 Å². The van der Waals surface area contributed by atoms with Crippen molar-refractivity contribution in [2.75, 3.05) is 20.3 Å². The molecule has 2 bridgehead atoms. The fourth-order valence-corrected chi connectivity index (χ4v) is 3.38. The fourth-order valence-electron chi connectivity index (χ4n) is 3.38. The van der Waals surface area contributed by atoms with Gasteiger partial charge in [-0.2, -0.15) is 0 Å². The van der Waals surface area contributed by atoms with E-state index in [9.17, 15) is 14.7 Å². The first-order valence-corrected chi connectivity index (χ1v) is 9.09. The minimum absolute atomic E-state index is 0.0958. The van der Waals surface area contributed by atoms with Crippen molar-refractivity contribution in [3.05, 3.63) is 58.2 Å². The number of phenols is 1. The van der Waals surface area contributed by atoms with Gasteiger partial charge in [0.15, 0.2) is 0 Å². The summed E-state index contributed by atoms with van der Waals surface area (Å²) >= 11 is 0. The van der Waals surface area contributed by atoms with E-state index in [0.29, 0.717) is 17.5 Å². The van der Waals surface area contributed by atoms with Crippen molar-refractivity contribution >= 4 is 23.6 Å². The van der Waals surface area contributed by atoms with Crippen LogP contribution < -0.4 is 4.74 Å². The van der Waals surface area contributed by atoms with Gasteiger partial charge in [-0.25, -0.2) is 9.59 Å². The standard InChI is InChI=1S/C22H22O6/c1-4-27-21(24)17-18(22(25)28-5-2)20(26-3)16-14-9-7-6-8-13(12-14)10-11-15(16)19(17)23/h6-11,23H,4-5,12H2,1-3H3. The third-order valence-corrected chi connectivity index (χ3v) is 4.53. The average molecular weight is 382 g/mol. The van der Waals surface area contributed by atoms with Crippen LogP contribution in [0.15, 0.2) is 36.0 Å². The highest BCUT2D eigenvalue weighted by Crippen LogP contribution is 2.46. The van der Waals surface area contributed by atoms with Crippen molar-refractivity contribution in [2.45, 2.75) is 20.3 Å². The second-order valence-electron chi connectivity index (χ2n) is 6.19. The SMILES string of the molecule is CCOC(=O)c1c(O)c2c(c(OC)c1C(=O)OCC)C1=CC=CC=C(C=C2)C1. The number of rotatable bonds is 5. The van der Waals surface area contributed by atoms with Crippen LogP contribution in [0.1, 0.15) is 52.1 Å². The van der Waals surface area contributed by atoms with Gasteiger partial charge < -0.3 is 19.3 Å². The summed E-state index contributed by atoms with van der Waals surface area (Å²) in [5.74, 6) is -1.71. The summed E-state index contributed by atoms with van der Waals surface area (Å²) < 4.78 is 15.8. The Labute approximate surface area is 163 Å². The topological polar surface area (TPSA) is 82.1 Å². The molecule has 28 heavy (non-hydrogen) atoms. The molecule has 0 saturated carbocycles. The molecule has 0 atom stereocenters. The molecule has 0 saturated heterocycles. The van der Waals surface area contributed by atoms with Gasteiger partial charge in [-0.1, -0.05) is 36.5 Å². The monoisotopic (exact) mass is 382 g/mol. The molecule has 3 rings (SSSR count). The molecular formula is C22H22O6. The van der Waals surface area contributed by atoms with Crippen LogP contribution in [-0.2, 0) is 9.47 Å². The summed E-state index contributed by atoms with van der Waals surface area (Å²) in [6.07, 6.45) is 11.8. The number of ether oxygens (including phenoxy) is 3. The third kappa shape index (κ3) is 3.33. The molecule has 6 heteroatoms. The Hall–Kier alpha value is -3.28. The lowest BCUT2D eigenvalue weighted by Crippen LogP contribution is -2.18. The molecule has 1 aromatic rings. The number of allylic oxidation sites excluding steroid dienone is 7. The molecule has 0 heterocycles. The second-order valence-corrected chi connectivity index (χ2v) is 6.19. The third-order valence-electron chi connectivity index (χ3n) is 4.53. The molecule has 0 fully saturated rings. The smallest absolute Gasteiger partial charge is 0.342 e. The van der Waals surface area contributed by atoms with E-state index in [0.717, 1.165) is 11.1 Å². The van der Waals surface area contributed by atoms with Gasteiger partial charge >= 0.3 is 11.9 Å². The normalized spacial score (nSPS) is 14.2. The fraction of sp³-hybridized carbons (Fsp3) is 0.273. The van der Waals surface area contributed by atoms with Gasteiger partial charge in [0.05, 0.1) is 20.3 Å². The minimum atomic E-state index is -0.810. The molecule has 1 aromatic carbocycles. The lowest BCUT2D eigenvalue weighted by atomic mass is 9.90. The maximum Gasteiger partial charge on any atom is 0.342 e. The van der Waals surface area contributed by atoms with E-state index in [2.05, 4.69) is 0 Å². The van der Waals surface area contributed by atoms with Crippen molar-refractivity contribution in [3.8, 4) is 11.5 Å². The van der Waals surface area contributed by atoms with Gasteiger partial charge in [0.2, 0.25) is 0 Å². The van der Waals surface area contributed by atoms with Crippen molar-refractivity contribution < 1.29 is 28.9 Å². The van der Waals surface area contributed by atoms with Gasteiger partial charge in [0.1, 0.15) is 22.6 Å². The van der Waals surface area contributed by atoms with Crippen molar-refractivity contribution in [3.63, 3.8) is 0 Å². The van der Waals surface area contributed by atoms with Gasteiger partial charge in [0, 0.05) is 11.1 Å². The predicted molar refractivity (Wildman–Crippen MR) is 105 cm³/mol. The van der Waals surface area contributed by atoms with E-state index in [-0.39, 0.29) is 35.8 Å². The molecule has 146 valence electrons. The number of fused-ring (bicyclic) bond motifs is 4. The van der Waals surface area contributed by atoms with E-state index in [1.807, 2.05) is 30.4 Å². The number of phenolic OH excluding ortho intramolecular Hbond substituents is 1. The number of carbonyl (C=O) groups excluding carboxylic acids is 2. The van der Waals surface area contributed by atoms with Gasteiger partial charge in [-0.05, 0) is 31.4 Å². The highest BCUT2D eigenvalue weighted by atomic mass is 16.5. The largest absolute Gasteiger partial charge is 0.506 e. The van der Waals surface area contributed by atoms with Crippen LogP contribution in [0, 0.1) is 0 Å². The molecule has 0 amide bonds. The molecule has 2 aliphatic carbocycles. The Morgan fingerprint density at radius 3 is 2.29 bits per heavy atom. The van der Waals surface area contributed by atoms with Crippen LogP contribution in [0.4, 0.5) is 0 Å². The van der Waals surface area contributed by atoms with E-state index < -0.39 is 11.9 Å². The van der Waals surface area contributed by atoms with Crippen molar-refractivity contribution in [2.24, 2.45) is 0 Å². The summed E-state index contributed by atoms with van der Waals surface area (Å²) in [6.45, 7) is 3.52. The number of aromatic hydroxyl groups is 1. The minimum Gasteiger partial charge on any atom is -0.506 e. The van der Waals surface area contributed by atoms with Crippen LogP contribution in [0.25, 0.3) is 11.6 Å². The first-order chi connectivity index (χ1) is 13.5. The Bertz CT molecular complexity index is 947. The predicted octanol–water partition coefficient (Wildman–Crippen LogP) is 4.05. The Morgan fingerprint density at radius 1 is 1.00 bits per heavy atom. The first-order valence-electron chi connectivity index (χ1n) is 9.09. The second kappa shape index (κ2) is 8.17. The molecule has 0 radical (unpaired) electrons. The number of hydrogen-bond donors (Lipinski definition) is 1. The van der Waals surface area contributed by atoms with E-state index in [1.54, 1.807) is 19.9 Å². The molecule has 0 aliphatic heterocycles. The zero-order valence-corrected chi connectivity index (χ0v) is 16.1. The maximum atomic E-state index is 12.7. The molecule has 6 nitrogen and oxygen atoms in total. The van der Waals surface area contributed by atoms with E-state index in [1.165, 1.54) is 7.11 Å². The molecule has 1 N–H and O–H groups in total. The van der Waals surface area contributed by atoms with Gasteiger partial charge in [0.25, 0.3) is 0 Å². The van der Waals surface area contributed by atoms with Crippen molar-refractivity contribution in [1.82, 2.24) is 0 Å². The molecule has 0 unspecified atom stereocenters. The van der Waals surface area contributed by atoms with Crippen LogP contribution >= 0.6 is 0 Å². The Kier molecular flexibility index (Phi) is 5.68. The highest BCUT2D eigenvalue weighted by molar-refractivity contribution is 6.10. The van der Waals surface area contributed by atoms with Crippen LogP contribution in [0.5, 0.6) is 11.5 Å². The number of methoxy groups -OCH3 is 1. The Balaban J connectivity index is 2.41. The summed E-state index contributed by atoms with van der Waals surface area (Å²) in [7, 11) is 1.42. The van der Waals surface area contributed by atoms with Crippen molar-refractivity contribution in [1.29, 1.82) is 0 Å². The number of benzene rings is 1. The summed E-state index contributed by atoms with van der Waals surface area (Å²) in [6, 6.07) is 0. The lowest BCUT2D eigenvalue weighted by molar-refractivity contribution is 0.0472. The molecule has 0 spiro atoms. The zero-order valence-electron chi connectivity index (χ0n) is 16.1. The average Bonchev–Trinajstić information content (AvgIpc) is 3.02. The lowest BCUT2D eigenvalue weighted by Gasteiger charge is -2.21. The van der Waals surface area contributed by atoms with Crippen LogP contribution in [0.2, 0.25) is 0 Å². The number of esters is 2. The van der Waals surface area contributed by atoms with E-state index >= 15 is 0 Å². The van der Waals surface area contributed by atoms with Gasteiger partial charge in [-0.15, -0.1) is 0 Å². The van der Waals surface area contributed by atoms with Crippen LogP contribution in [-0.4, -0.2) is 37.4 Å². The zero-order chi connectivity index (χ0) is 20.3. The first kappa shape index (κ1) is 19.5. The Morgan fingerprint density at radius 2 is 1.64 bits per heavy atom. The summed E-state index contributed by atoms with van der Waals surface area (Å²) in [5, 5.41) is 11.0. The van der Waals surface area contributed by atoms with Gasteiger partial charge in [-0.3, -0.25) is 0 Å². The molecule has 2 aliphatic rings. The number of hydrogen-bond acceptors (Lipinski definition) is 6. The van der Waals surface area contributed by atoms with E-state index in [4.69, 9.17) is 14.2 Å². The molecular weight excluding hydrogens is 360 g/mol. The number of carbonyl (C=O) groups is 2.